The first kappa shape index (κ1) is 21.7. The van der Waals surface area contributed by atoms with E-state index in [2.05, 4.69) is 0 Å². The lowest BCUT2D eigenvalue weighted by atomic mass is 9.93. The third-order valence-electron chi connectivity index (χ3n) is 4.02. The van der Waals surface area contributed by atoms with Crippen LogP contribution in [0.5, 0.6) is 11.5 Å². The quantitative estimate of drug-likeness (QED) is 0.379. The van der Waals surface area contributed by atoms with Gasteiger partial charge in [-0.2, -0.15) is 0 Å². The standard InChI is InChI=1S/C13H14N2.2C6H6O/c14-13(15,11-7-3-1-4-8-11)12-9-5-2-6-10-12;2*7-6-4-2-1-3-5-6/h1-10H,14-15H2;2*1-5,7H. The van der Waals surface area contributed by atoms with Crippen LogP contribution < -0.4 is 11.5 Å². The molecule has 0 spiro atoms. The maximum absolute atomic E-state index is 8.63. The maximum atomic E-state index is 8.63. The van der Waals surface area contributed by atoms with Gasteiger partial charge in [0.15, 0.2) is 0 Å². The molecule has 0 aliphatic carbocycles. The fourth-order valence-corrected chi connectivity index (χ4v) is 2.45. The molecule has 0 atom stereocenters. The van der Waals surface area contributed by atoms with E-state index in [-0.39, 0.29) is 0 Å². The van der Waals surface area contributed by atoms with Crippen molar-refractivity contribution in [2.24, 2.45) is 11.5 Å². The van der Waals surface area contributed by atoms with Crippen molar-refractivity contribution in [2.75, 3.05) is 0 Å². The van der Waals surface area contributed by atoms with Gasteiger partial charge in [0.25, 0.3) is 0 Å². The number of phenols is 2. The zero-order valence-electron chi connectivity index (χ0n) is 16.1. The predicted octanol–water partition coefficient (Wildman–Crippen LogP) is 4.59. The molecule has 148 valence electrons. The van der Waals surface area contributed by atoms with Crippen LogP contribution >= 0.6 is 0 Å². The van der Waals surface area contributed by atoms with E-state index in [0.29, 0.717) is 11.5 Å². The summed E-state index contributed by atoms with van der Waals surface area (Å²) in [6, 6.07) is 36.8. The molecule has 0 aliphatic rings. The van der Waals surface area contributed by atoms with Gasteiger partial charge in [-0.15, -0.1) is 0 Å². The van der Waals surface area contributed by atoms with E-state index in [0.717, 1.165) is 11.1 Å². The third kappa shape index (κ3) is 7.50. The van der Waals surface area contributed by atoms with E-state index in [1.165, 1.54) is 0 Å². The summed E-state index contributed by atoms with van der Waals surface area (Å²) >= 11 is 0. The molecule has 0 fully saturated rings. The van der Waals surface area contributed by atoms with Crippen LogP contribution in [-0.2, 0) is 5.66 Å². The summed E-state index contributed by atoms with van der Waals surface area (Å²) in [6.07, 6.45) is 0. The van der Waals surface area contributed by atoms with Gasteiger partial charge in [0.1, 0.15) is 17.2 Å². The second kappa shape index (κ2) is 11.3. The summed E-state index contributed by atoms with van der Waals surface area (Å²) in [4.78, 5) is 0. The van der Waals surface area contributed by atoms with E-state index < -0.39 is 5.66 Å². The van der Waals surface area contributed by atoms with Gasteiger partial charge in [0, 0.05) is 0 Å². The Labute approximate surface area is 171 Å². The molecule has 4 nitrogen and oxygen atoms in total. The minimum absolute atomic E-state index is 0.322. The highest BCUT2D eigenvalue weighted by atomic mass is 16.3. The number of nitrogens with two attached hydrogens (primary N) is 2. The molecule has 4 heteroatoms. The highest BCUT2D eigenvalue weighted by molar-refractivity contribution is 5.35. The third-order valence-corrected chi connectivity index (χ3v) is 4.02. The molecule has 4 aromatic rings. The number of hydrogen-bond acceptors (Lipinski definition) is 4. The molecule has 0 radical (unpaired) electrons. The summed E-state index contributed by atoms with van der Waals surface area (Å²) in [5.74, 6) is 0.644. The molecule has 0 saturated carbocycles. The van der Waals surface area contributed by atoms with Crippen LogP contribution in [0.4, 0.5) is 0 Å². The van der Waals surface area contributed by atoms with Crippen LogP contribution in [0.15, 0.2) is 121 Å². The van der Waals surface area contributed by atoms with Gasteiger partial charge in [0.05, 0.1) is 0 Å². The SMILES string of the molecule is NC(N)(c1ccccc1)c1ccccc1.Oc1ccccc1.Oc1ccccc1. The summed E-state index contributed by atoms with van der Waals surface area (Å²) in [5, 5.41) is 17.3. The predicted molar refractivity (Wildman–Crippen MR) is 118 cm³/mol. The molecule has 0 aromatic heterocycles. The fourth-order valence-electron chi connectivity index (χ4n) is 2.45. The average molecular weight is 386 g/mol. The van der Waals surface area contributed by atoms with Crippen LogP contribution in [0.25, 0.3) is 0 Å². The Hall–Kier alpha value is -3.60. The van der Waals surface area contributed by atoms with Gasteiger partial charge in [-0.1, -0.05) is 97.1 Å². The number of hydrogen-bond donors (Lipinski definition) is 4. The van der Waals surface area contributed by atoms with Crippen molar-refractivity contribution in [1.29, 1.82) is 0 Å². The van der Waals surface area contributed by atoms with Crippen molar-refractivity contribution < 1.29 is 10.2 Å². The fraction of sp³-hybridized carbons (Fsp3) is 0.0400. The Morgan fingerprint density at radius 3 is 0.862 bits per heavy atom. The first-order chi connectivity index (χ1) is 14.0. The van der Waals surface area contributed by atoms with Gasteiger partial charge >= 0.3 is 0 Å². The van der Waals surface area contributed by atoms with Crippen molar-refractivity contribution in [3.8, 4) is 11.5 Å². The monoisotopic (exact) mass is 386 g/mol. The van der Waals surface area contributed by atoms with E-state index in [1.54, 1.807) is 48.5 Å². The van der Waals surface area contributed by atoms with E-state index in [4.69, 9.17) is 21.7 Å². The van der Waals surface area contributed by atoms with Gasteiger partial charge in [-0.05, 0) is 35.4 Å². The zero-order valence-corrected chi connectivity index (χ0v) is 16.1. The van der Waals surface area contributed by atoms with Crippen molar-refractivity contribution >= 4 is 0 Å². The first-order valence-corrected chi connectivity index (χ1v) is 9.17. The highest BCUT2D eigenvalue weighted by Gasteiger charge is 2.23. The van der Waals surface area contributed by atoms with Gasteiger partial charge < -0.3 is 21.7 Å². The minimum Gasteiger partial charge on any atom is -0.508 e. The largest absolute Gasteiger partial charge is 0.508 e. The zero-order chi connectivity index (χ0) is 21.0. The number of rotatable bonds is 2. The average Bonchev–Trinajstić information content (AvgIpc) is 2.77. The lowest BCUT2D eigenvalue weighted by molar-refractivity contribution is 0.475. The minimum atomic E-state index is -0.914. The van der Waals surface area contributed by atoms with Crippen LogP contribution in [-0.4, -0.2) is 10.2 Å². The maximum Gasteiger partial charge on any atom is 0.116 e. The molecular weight excluding hydrogens is 360 g/mol. The lowest BCUT2D eigenvalue weighted by Crippen LogP contribution is -2.46. The Bertz CT molecular complexity index is 850. The van der Waals surface area contributed by atoms with Crippen LogP contribution in [0.2, 0.25) is 0 Å². The normalized spacial score (nSPS) is 10.0. The summed E-state index contributed by atoms with van der Waals surface area (Å²) in [5.41, 5.74) is 13.2. The number of benzene rings is 4. The van der Waals surface area contributed by atoms with Crippen LogP contribution in [0, 0.1) is 0 Å². The second-order valence-corrected chi connectivity index (χ2v) is 6.27. The van der Waals surface area contributed by atoms with E-state index in [9.17, 15) is 0 Å². The molecule has 0 amide bonds. The Morgan fingerprint density at radius 2 is 0.655 bits per heavy atom. The molecular formula is C25H26N2O2. The van der Waals surface area contributed by atoms with E-state index in [1.807, 2.05) is 72.8 Å². The topological polar surface area (TPSA) is 92.5 Å². The number of phenolic OH excluding ortho intramolecular Hbond substituents is 2. The molecule has 0 bridgehead atoms. The lowest BCUT2D eigenvalue weighted by Gasteiger charge is -2.25. The van der Waals surface area contributed by atoms with Crippen LogP contribution in [0.1, 0.15) is 11.1 Å². The van der Waals surface area contributed by atoms with Crippen molar-refractivity contribution in [3.05, 3.63) is 132 Å². The highest BCUT2D eigenvalue weighted by Crippen LogP contribution is 2.20. The summed E-state index contributed by atoms with van der Waals surface area (Å²) in [6.45, 7) is 0. The smallest absolute Gasteiger partial charge is 0.116 e. The van der Waals surface area contributed by atoms with Crippen molar-refractivity contribution in [3.63, 3.8) is 0 Å². The molecule has 4 aromatic carbocycles. The molecule has 4 rings (SSSR count). The molecule has 0 heterocycles. The van der Waals surface area contributed by atoms with Gasteiger partial charge in [-0.3, -0.25) is 0 Å². The van der Waals surface area contributed by atoms with E-state index >= 15 is 0 Å². The molecule has 0 unspecified atom stereocenters. The Morgan fingerprint density at radius 1 is 0.414 bits per heavy atom. The number of aromatic hydroxyl groups is 2. The van der Waals surface area contributed by atoms with Crippen LogP contribution in [0.3, 0.4) is 0 Å². The summed E-state index contributed by atoms with van der Waals surface area (Å²) in [7, 11) is 0. The molecule has 29 heavy (non-hydrogen) atoms. The Balaban J connectivity index is 0.000000178. The van der Waals surface area contributed by atoms with Gasteiger partial charge in [0.2, 0.25) is 0 Å². The molecule has 0 aliphatic heterocycles. The van der Waals surface area contributed by atoms with Gasteiger partial charge in [-0.25, -0.2) is 0 Å². The summed E-state index contributed by atoms with van der Waals surface area (Å²) < 4.78 is 0. The first-order valence-electron chi connectivity index (χ1n) is 9.17. The van der Waals surface area contributed by atoms with Crippen molar-refractivity contribution in [2.45, 2.75) is 5.66 Å². The molecule has 0 saturated heterocycles. The van der Waals surface area contributed by atoms with Crippen molar-refractivity contribution in [1.82, 2.24) is 0 Å². The Kier molecular flexibility index (Phi) is 8.45. The second-order valence-electron chi connectivity index (χ2n) is 6.27. The molecule has 6 N–H and O–H groups in total. The number of para-hydroxylation sites is 2.